The Hall–Kier alpha value is -1.63. The molecule has 19 heavy (non-hydrogen) atoms. The molecule has 1 N–H and O–H groups in total. The second-order valence-corrected chi connectivity index (χ2v) is 4.03. The van der Waals surface area contributed by atoms with Crippen LogP contribution < -0.4 is 0 Å². The molecule has 3 nitrogen and oxygen atoms in total. The lowest BCUT2D eigenvalue weighted by molar-refractivity contribution is -0.146. The number of alkyl halides is 3. The van der Waals surface area contributed by atoms with Crippen molar-refractivity contribution < 1.29 is 27.5 Å². The standard InChI is InChI=1S/C12H13F4NO2/c1-2-17(7-12(14,15)16)6-8-3-4-9(13)5-10(8)11(18)19/h3-5H,2,6-7H2,1H3,(H,18,19). The number of hydrogen-bond acceptors (Lipinski definition) is 2. The minimum absolute atomic E-state index is 0.107. The van der Waals surface area contributed by atoms with Gasteiger partial charge < -0.3 is 5.11 Å². The van der Waals surface area contributed by atoms with E-state index in [4.69, 9.17) is 5.11 Å². The van der Waals surface area contributed by atoms with Crippen LogP contribution >= 0.6 is 0 Å². The molecule has 0 aliphatic carbocycles. The first-order valence-electron chi connectivity index (χ1n) is 5.53. The molecule has 0 radical (unpaired) electrons. The molecule has 0 unspecified atom stereocenters. The molecule has 7 heteroatoms. The van der Waals surface area contributed by atoms with Crippen LogP contribution in [0.5, 0.6) is 0 Å². The predicted molar refractivity (Wildman–Crippen MR) is 60.4 cm³/mol. The number of nitrogens with zero attached hydrogens (tertiary/aromatic N) is 1. The van der Waals surface area contributed by atoms with Gasteiger partial charge in [-0.2, -0.15) is 13.2 Å². The Labute approximate surface area is 107 Å². The normalized spacial score (nSPS) is 11.9. The van der Waals surface area contributed by atoms with Crippen molar-refractivity contribution in [2.75, 3.05) is 13.1 Å². The van der Waals surface area contributed by atoms with Crippen LogP contribution in [0.1, 0.15) is 22.8 Å². The van der Waals surface area contributed by atoms with Gasteiger partial charge in [0.15, 0.2) is 0 Å². The van der Waals surface area contributed by atoms with Crippen molar-refractivity contribution in [2.24, 2.45) is 0 Å². The Balaban J connectivity index is 2.94. The minimum Gasteiger partial charge on any atom is -0.478 e. The number of carbonyl (C=O) groups is 1. The topological polar surface area (TPSA) is 40.5 Å². The van der Waals surface area contributed by atoms with Crippen LogP contribution in [0.25, 0.3) is 0 Å². The predicted octanol–water partition coefficient (Wildman–Crippen LogP) is 2.91. The summed E-state index contributed by atoms with van der Waals surface area (Å²) in [5.41, 5.74) is -0.166. The number of carboxylic acids is 1. The summed E-state index contributed by atoms with van der Waals surface area (Å²) in [6.45, 7) is 0.309. The number of hydrogen-bond donors (Lipinski definition) is 1. The van der Waals surface area contributed by atoms with Gasteiger partial charge in [-0.3, -0.25) is 4.90 Å². The van der Waals surface area contributed by atoms with Crippen LogP contribution in [0.3, 0.4) is 0 Å². The van der Waals surface area contributed by atoms with Gasteiger partial charge in [0.25, 0.3) is 0 Å². The first-order chi connectivity index (χ1) is 8.73. The molecule has 1 aromatic carbocycles. The summed E-state index contributed by atoms with van der Waals surface area (Å²) >= 11 is 0. The maximum absolute atomic E-state index is 12.9. The average Bonchev–Trinajstić information content (AvgIpc) is 2.28. The molecule has 0 atom stereocenters. The van der Waals surface area contributed by atoms with Crippen molar-refractivity contribution in [1.82, 2.24) is 4.90 Å². The molecule has 0 bridgehead atoms. The molecule has 1 rings (SSSR count). The number of halogens is 4. The highest BCUT2D eigenvalue weighted by Crippen LogP contribution is 2.19. The van der Waals surface area contributed by atoms with Crippen LogP contribution in [-0.4, -0.2) is 35.2 Å². The Morgan fingerprint density at radius 3 is 2.47 bits per heavy atom. The summed E-state index contributed by atoms with van der Waals surface area (Å²) in [5, 5.41) is 8.90. The van der Waals surface area contributed by atoms with E-state index in [1.165, 1.54) is 13.0 Å². The van der Waals surface area contributed by atoms with E-state index in [-0.39, 0.29) is 24.2 Å². The molecule has 0 fully saturated rings. The van der Waals surface area contributed by atoms with E-state index in [1.54, 1.807) is 0 Å². The minimum atomic E-state index is -4.36. The lowest BCUT2D eigenvalue weighted by atomic mass is 10.1. The fourth-order valence-electron chi connectivity index (χ4n) is 1.66. The van der Waals surface area contributed by atoms with Crippen LogP contribution in [-0.2, 0) is 6.54 Å². The second-order valence-electron chi connectivity index (χ2n) is 4.03. The zero-order valence-electron chi connectivity index (χ0n) is 10.2. The molecule has 0 amide bonds. The smallest absolute Gasteiger partial charge is 0.401 e. The van der Waals surface area contributed by atoms with Gasteiger partial charge in [-0.1, -0.05) is 13.0 Å². The van der Waals surface area contributed by atoms with Gasteiger partial charge in [0.1, 0.15) is 5.82 Å². The molecular formula is C12H13F4NO2. The largest absolute Gasteiger partial charge is 0.478 e. The van der Waals surface area contributed by atoms with E-state index in [9.17, 15) is 22.4 Å². The van der Waals surface area contributed by atoms with E-state index in [0.717, 1.165) is 17.0 Å². The van der Waals surface area contributed by atoms with Crippen LogP contribution in [0.4, 0.5) is 17.6 Å². The van der Waals surface area contributed by atoms with E-state index in [0.29, 0.717) is 0 Å². The molecule has 0 saturated carbocycles. The highest BCUT2D eigenvalue weighted by Gasteiger charge is 2.30. The maximum atomic E-state index is 12.9. The Morgan fingerprint density at radius 1 is 1.37 bits per heavy atom. The van der Waals surface area contributed by atoms with Crippen molar-refractivity contribution in [3.8, 4) is 0 Å². The van der Waals surface area contributed by atoms with Crippen molar-refractivity contribution in [3.05, 3.63) is 35.1 Å². The fraction of sp³-hybridized carbons (Fsp3) is 0.417. The molecule has 0 spiro atoms. The van der Waals surface area contributed by atoms with Gasteiger partial charge >= 0.3 is 12.1 Å². The molecule has 1 aromatic rings. The number of aromatic carboxylic acids is 1. The van der Waals surface area contributed by atoms with E-state index < -0.39 is 24.5 Å². The Morgan fingerprint density at radius 2 is 2.00 bits per heavy atom. The van der Waals surface area contributed by atoms with Crippen molar-refractivity contribution in [3.63, 3.8) is 0 Å². The van der Waals surface area contributed by atoms with Gasteiger partial charge in [0, 0.05) is 6.54 Å². The van der Waals surface area contributed by atoms with Crippen LogP contribution in [0, 0.1) is 5.82 Å². The summed E-state index contributed by atoms with van der Waals surface area (Å²) in [5.74, 6) is -2.10. The van der Waals surface area contributed by atoms with Crippen molar-refractivity contribution in [1.29, 1.82) is 0 Å². The van der Waals surface area contributed by atoms with Gasteiger partial charge in [-0.05, 0) is 24.2 Å². The van der Waals surface area contributed by atoms with Gasteiger partial charge in [0.2, 0.25) is 0 Å². The third-order valence-electron chi connectivity index (χ3n) is 2.55. The van der Waals surface area contributed by atoms with Crippen LogP contribution in [0.2, 0.25) is 0 Å². The average molecular weight is 279 g/mol. The molecule has 0 aliphatic rings. The van der Waals surface area contributed by atoms with Gasteiger partial charge in [-0.25, -0.2) is 9.18 Å². The Bertz CT molecular complexity index is 460. The number of benzene rings is 1. The zero-order valence-corrected chi connectivity index (χ0v) is 10.2. The first-order valence-corrected chi connectivity index (χ1v) is 5.53. The van der Waals surface area contributed by atoms with Gasteiger partial charge in [0.05, 0.1) is 12.1 Å². The number of carboxylic acid groups (broad SMARTS) is 1. The van der Waals surface area contributed by atoms with Crippen molar-refractivity contribution in [2.45, 2.75) is 19.6 Å². The molecule has 0 aliphatic heterocycles. The quantitative estimate of drug-likeness (QED) is 0.842. The highest BCUT2D eigenvalue weighted by molar-refractivity contribution is 5.89. The van der Waals surface area contributed by atoms with E-state index in [1.807, 2.05) is 0 Å². The summed E-state index contributed by atoms with van der Waals surface area (Å²) in [6, 6.07) is 3.03. The first kappa shape index (κ1) is 15.4. The zero-order chi connectivity index (χ0) is 14.6. The third kappa shape index (κ3) is 4.86. The third-order valence-corrected chi connectivity index (χ3v) is 2.55. The summed E-state index contributed by atoms with van der Waals surface area (Å²) in [7, 11) is 0. The summed E-state index contributed by atoms with van der Waals surface area (Å²) < 4.78 is 49.8. The van der Waals surface area contributed by atoms with E-state index in [2.05, 4.69) is 0 Å². The fourth-order valence-corrected chi connectivity index (χ4v) is 1.66. The summed E-state index contributed by atoms with van der Waals surface area (Å²) in [4.78, 5) is 12.0. The number of rotatable bonds is 5. The second kappa shape index (κ2) is 6.01. The Kier molecular flexibility index (Phi) is 4.88. The molecule has 0 saturated heterocycles. The lowest BCUT2D eigenvalue weighted by Crippen LogP contribution is -2.34. The van der Waals surface area contributed by atoms with Crippen molar-refractivity contribution >= 4 is 5.97 Å². The highest BCUT2D eigenvalue weighted by atomic mass is 19.4. The van der Waals surface area contributed by atoms with Crippen LogP contribution in [0.15, 0.2) is 18.2 Å². The summed E-state index contributed by atoms with van der Waals surface area (Å²) in [6.07, 6.45) is -4.36. The molecular weight excluding hydrogens is 266 g/mol. The van der Waals surface area contributed by atoms with E-state index >= 15 is 0 Å². The monoisotopic (exact) mass is 279 g/mol. The molecule has 106 valence electrons. The SMILES string of the molecule is CCN(Cc1ccc(F)cc1C(=O)O)CC(F)(F)F. The maximum Gasteiger partial charge on any atom is 0.401 e. The molecule has 0 heterocycles. The van der Waals surface area contributed by atoms with Gasteiger partial charge in [-0.15, -0.1) is 0 Å². The molecule has 0 aromatic heterocycles. The lowest BCUT2D eigenvalue weighted by Gasteiger charge is -2.22.